The maximum absolute atomic E-state index is 13.6. The molecule has 2 bridgehead atoms. The van der Waals surface area contributed by atoms with Crippen LogP contribution < -0.4 is 0 Å². The van der Waals surface area contributed by atoms with Gasteiger partial charge in [-0.1, -0.05) is 55.8 Å². The first-order chi connectivity index (χ1) is 15.3. The van der Waals surface area contributed by atoms with Crippen LogP contribution in [0.25, 0.3) is 5.57 Å². The van der Waals surface area contributed by atoms with E-state index in [1.54, 1.807) is 6.92 Å². The fourth-order valence-corrected chi connectivity index (χ4v) is 6.22. The van der Waals surface area contributed by atoms with Crippen molar-refractivity contribution in [1.29, 1.82) is 0 Å². The van der Waals surface area contributed by atoms with Crippen LogP contribution in [0.5, 0.6) is 0 Å². The number of carbonyl (C=O) groups excluding carboxylic acids is 2. The average molecular weight is 431 g/mol. The van der Waals surface area contributed by atoms with E-state index >= 15 is 0 Å². The van der Waals surface area contributed by atoms with Crippen LogP contribution in [0.3, 0.4) is 0 Å². The van der Waals surface area contributed by atoms with Gasteiger partial charge in [-0.3, -0.25) is 9.59 Å². The Balaban J connectivity index is 1.55. The number of benzene rings is 2. The zero-order valence-corrected chi connectivity index (χ0v) is 19.1. The Kier molecular flexibility index (Phi) is 5.09. The summed E-state index contributed by atoms with van der Waals surface area (Å²) < 4.78 is 6.26. The van der Waals surface area contributed by atoms with E-state index in [0.29, 0.717) is 11.1 Å². The van der Waals surface area contributed by atoms with Gasteiger partial charge in [0, 0.05) is 11.5 Å². The minimum absolute atomic E-state index is 0.0404. The maximum atomic E-state index is 13.6. The fourth-order valence-electron chi connectivity index (χ4n) is 6.22. The topological polar surface area (TPSA) is 63.6 Å². The van der Waals surface area contributed by atoms with E-state index in [-0.39, 0.29) is 47.3 Å². The molecule has 32 heavy (non-hydrogen) atoms. The highest BCUT2D eigenvalue weighted by Crippen LogP contribution is 2.58. The zero-order valence-electron chi connectivity index (χ0n) is 19.1. The Bertz CT molecular complexity index is 1120. The van der Waals surface area contributed by atoms with Gasteiger partial charge in [0.15, 0.2) is 11.6 Å². The molecular weight excluding hydrogens is 400 g/mol. The number of aliphatic hydroxyl groups is 1. The monoisotopic (exact) mass is 430 g/mol. The van der Waals surface area contributed by atoms with Crippen LogP contribution in [0, 0.1) is 18.8 Å². The molecule has 2 aromatic rings. The van der Waals surface area contributed by atoms with Gasteiger partial charge in [0.05, 0.1) is 29.6 Å². The number of aryl methyl sites for hydroxylation is 3. The quantitative estimate of drug-likeness (QED) is 0.649. The van der Waals surface area contributed by atoms with Crippen molar-refractivity contribution >= 4 is 17.1 Å². The lowest BCUT2D eigenvalue weighted by Gasteiger charge is -2.27. The van der Waals surface area contributed by atoms with Gasteiger partial charge in [0.2, 0.25) is 0 Å². The molecule has 3 aliphatic rings. The number of Topliss-reactive ketones (excluding diaryl/α,β-unsaturated/α-hetero) is 2. The predicted molar refractivity (Wildman–Crippen MR) is 124 cm³/mol. The summed E-state index contributed by atoms with van der Waals surface area (Å²) >= 11 is 0. The summed E-state index contributed by atoms with van der Waals surface area (Å²) in [5.74, 6) is -0.165. The number of carbonyl (C=O) groups is 2. The molecule has 5 rings (SSSR count). The molecule has 0 saturated carbocycles. The molecule has 1 N–H and O–H groups in total. The number of rotatable bonds is 5. The summed E-state index contributed by atoms with van der Waals surface area (Å²) in [6.07, 6.45) is 2.02. The highest BCUT2D eigenvalue weighted by molar-refractivity contribution is 6.26. The molecule has 4 nitrogen and oxygen atoms in total. The number of hydrogen-bond donors (Lipinski definition) is 1. The highest BCUT2D eigenvalue weighted by atomic mass is 16.5. The van der Waals surface area contributed by atoms with E-state index in [4.69, 9.17) is 4.74 Å². The van der Waals surface area contributed by atoms with Crippen molar-refractivity contribution in [2.24, 2.45) is 11.8 Å². The molecule has 4 heteroatoms. The minimum Gasteiger partial charge on any atom is -0.511 e. The summed E-state index contributed by atoms with van der Waals surface area (Å²) in [5.41, 5.74) is 6.70. The summed E-state index contributed by atoms with van der Waals surface area (Å²) in [5, 5.41) is 11.4. The molecule has 2 saturated heterocycles. The van der Waals surface area contributed by atoms with Crippen molar-refractivity contribution in [3.8, 4) is 0 Å². The second-order valence-electron chi connectivity index (χ2n) is 9.50. The molecule has 3 unspecified atom stereocenters. The first-order valence-corrected chi connectivity index (χ1v) is 11.7. The van der Waals surface area contributed by atoms with E-state index in [9.17, 15) is 14.7 Å². The Morgan fingerprint density at radius 1 is 1.06 bits per heavy atom. The van der Waals surface area contributed by atoms with E-state index in [1.807, 2.05) is 24.3 Å². The van der Waals surface area contributed by atoms with Crippen LogP contribution in [0.15, 0.2) is 42.2 Å². The third kappa shape index (κ3) is 3.00. The molecule has 0 spiro atoms. The molecular formula is C28H30O4. The van der Waals surface area contributed by atoms with Crippen molar-refractivity contribution in [3.63, 3.8) is 0 Å². The summed E-state index contributed by atoms with van der Waals surface area (Å²) in [6, 6.07) is 12.0. The van der Waals surface area contributed by atoms with E-state index in [0.717, 1.165) is 41.5 Å². The third-order valence-corrected chi connectivity index (χ3v) is 7.68. The van der Waals surface area contributed by atoms with Crippen LogP contribution >= 0.6 is 0 Å². The molecule has 5 atom stereocenters. The lowest BCUT2D eigenvalue weighted by Crippen LogP contribution is -2.33. The normalized spacial score (nSPS) is 28.5. The molecule has 0 amide bonds. The van der Waals surface area contributed by atoms with Crippen molar-refractivity contribution in [3.05, 3.63) is 75.5 Å². The summed E-state index contributed by atoms with van der Waals surface area (Å²) in [7, 11) is 0. The van der Waals surface area contributed by atoms with Gasteiger partial charge in [-0.2, -0.15) is 0 Å². The SMILES string of the molecule is CCc1cc(C)cc(CC)c1C1=C(O)[C@@H]2C3OC(CC3c3ccc(C(C)=O)cc3)[C@@H]2C1=O. The van der Waals surface area contributed by atoms with Crippen molar-refractivity contribution in [2.45, 2.75) is 65.1 Å². The van der Waals surface area contributed by atoms with E-state index < -0.39 is 0 Å². The zero-order chi connectivity index (χ0) is 22.7. The number of fused-ring (bicyclic) bond motifs is 5. The Hall–Kier alpha value is -2.72. The molecule has 2 heterocycles. The molecule has 1 aliphatic carbocycles. The first kappa shape index (κ1) is 21.1. The maximum Gasteiger partial charge on any atom is 0.173 e. The Morgan fingerprint density at radius 2 is 1.69 bits per heavy atom. The van der Waals surface area contributed by atoms with Gasteiger partial charge in [-0.15, -0.1) is 0 Å². The van der Waals surface area contributed by atoms with Gasteiger partial charge in [0.25, 0.3) is 0 Å². The standard InChI is InChI=1S/C28H30O4/c1-5-16-11-14(3)12-17(6-2)22(16)24-26(30)23-21-13-20(28(32-21)25(23)27(24)31)19-9-7-18(8-10-19)15(4)29/h7-12,20-21,23,25,28,31H,5-6,13H2,1-4H3/t20?,21?,23-,25+,28?/m0/s1. The molecule has 2 aromatic carbocycles. The summed E-state index contributed by atoms with van der Waals surface area (Å²) in [4.78, 5) is 25.3. The number of hydrogen-bond acceptors (Lipinski definition) is 4. The number of aliphatic hydroxyl groups excluding tert-OH is 1. The van der Waals surface area contributed by atoms with Gasteiger partial charge >= 0.3 is 0 Å². The van der Waals surface area contributed by atoms with Gasteiger partial charge in [-0.25, -0.2) is 0 Å². The largest absolute Gasteiger partial charge is 0.511 e. The number of ketones is 2. The second kappa shape index (κ2) is 7.70. The number of allylic oxidation sites excluding steroid dienone is 1. The third-order valence-electron chi connectivity index (χ3n) is 7.68. The van der Waals surface area contributed by atoms with Gasteiger partial charge in [-0.05, 0) is 55.4 Å². The smallest absolute Gasteiger partial charge is 0.173 e. The minimum atomic E-state index is -0.293. The van der Waals surface area contributed by atoms with Crippen LogP contribution in [0.1, 0.15) is 71.3 Å². The molecule has 2 aliphatic heterocycles. The van der Waals surface area contributed by atoms with Gasteiger partial charge in [0.1, 0.15) is 5.76 Å². The lowest BCUT2D eigenvalue weighted by molar-refractivity contribution is -0.118. The van der Waals surface area contributed by atoms with Crippen LogP contribution in [-0.2, 0) is 22.4 Å². The lowest BCUT2D eigenvalue weighted by atomic mass is 9.72. The molecule has 166 valence electrons. The van der Waals surface area contributed by atoms with Crippen LogP contribution in [0.2, 0.25) is 0 Å². The Labute approximate surface area is 189 Å². The summed E-state index contributed by atoms with van der Waals surface area (Å²) in [6.45, 7) is 7.85. The number of ether oxygens (including phenoxy) is 1. The van der Waals surface area contributed by atoms with Crippen molar-refractivity contribution < 1.29 is 19.4 Å². The van der Waals surface area contributed by atoms with Crippen molar-refractivity contribution in [2.75, 3.05) is 0 Å². The molecule has 2 fully saturated rings. The van der Waals surface area contributed by atoms with E-state index in [1.165, 1.54) is 5.56 Å². The van der Waals surface area contributed by atoms with Crippen LogP contribution in [-0.4, -0.2) is 28.9 Å². The fraction of sp³-hybridized carbons (Fsp3) is 0.429. The molecule has 0 aromatic heterocycles. The Morgan fingerprint density at radius 3 is 2.25 bits per heavy atom. The van der Waals surface area contributed by atoms with E-state index in [2.05, 4.69) is 32.9 Å². The average Bonchev–Trinajstić information content (AvgIpc) is 3.45. The first-order valence-electron chi connectivity index (χ1n) is 11.7. The highest BCUT2D eigenvalue weighted by Gasteiger charge is 2.62. The second-order valence-corrected chi connectivity index (χ2v) is 9.50. The molecule has 0 radical (unpaired) electrons. The predicted octanol–water partition coefficient (Wildman–Crippen LogP) is 5.36. The van der Waals surface area contributed by atoms with Gasteiger partial charge < -0.3 is 9.84 Å². The van der Waals surface area contributed by atoms with Crippen LogP contribution in [0.4, 0.5) is 0 Å². The van der Waals surface area contributed by atoms with Crippen molar-refractivity contribution in [1.82, 2.24) is 0 Å².